The number of nitrogens with one attached hydrogen (secondary N) is 2. The van der Waals surface area contributed by atoms with Crippen LogP contribution in [0.3, 0.4) is 0 Å². The number of ether oxygens (including phenoxy) is 1. The molecule has 3 N–H and O–H groups in total. The molecule has 0 saturated carbocycles. The first kappa shape index (κ1) is 28.3. The van der Waals surface area contributed by atoms with E-state index in [0.29, 0.717) is 27.4 Å². The summed E-state index contributed by atoms with van der Waals surface area (Å²) < 4.78 is 24.3. The van der Waals surface area contributed by atoms with Crippen molar-refractivity contribution >= 4 is 29.6 Å². The van der Waals surface area contributed by atoms with Crippen LogP contribution in [0.2, 0.25) is 5.02 Å². The van der Waals surface area contributed by atoms with Crippen LogP contribution >= 0.6 is 11.6 Å². The molecule has 0 aliphatic carbocycles. The molecule has 3 aromatic carbocycles. The normalized spacial score (nSPS) is 12.3. The molecule has 0 saturated heterocycles. The first-order chi connectivity index (χ1) is 19.2. The molecule has 0 fully saturated rings. The molecule has 0 spiro atoms. The second-order valence-corrected chi connectivity index (χ2v) is 9.26. The molecule has 0 aliphatic heterocycles. The lowest BCUT2D eigenvalue weighted by atomic mass is 10.0. The van der Waals surface area contributed by atoms with Crippen molar-refractivity contribution in [3.63, 3.8) is 0 Å². The van der Waals surface area contributed by atoms with Gasteiger partial charge in [0.1, 0.15) is 29.9 Å². The van der Waals surface area contributed by atoms with Crippen LogP contribution in [0.15, 0.2) is 83.6 Å². The number of carbonyl (C=O) groups is 3. The summed E-state index contributed by atoms with van der Waals surface area (Å²) in [5.41, 5.74) is 2.66. The van der Waals surface area contributed by atoms with Crippen LogP contribution in [0.25, 0.3) is 11.3 Å². The number of aromatic nitrogens is 1. The average Bonchev–Trinajstić information content (AvgIpc) is 3.41. The average molecular weight is 566 g/mol. The molecule has 1 aromatic heterocycles. The van der Waals surface area contributed by atoms with Gasteiger partial charge in [-0.25, -0.2) is 14.0 Å². The number of carboxylic acids is 1. The molecule has 206 valence electrons. The van der Waals surface area contributed by atoms with Gasteiger partial charge < -0.3 is 25.0 Å². The minimum absolute atomic E-state index is 0.0201. The van der Waals surface area contributed by atoms with Crippen LogP contribution in [0.5, 0.6) is 0 Å². The van der Waals surface area contributed by atoms with Crippen LogP contribution in [0.4, 0.5) is 9.18 Å². The molecule has 11 heteroatoms. The van der Waals surface area contributed by atoms with Crippen molar-refractivity contribution < 1.29 is 33.1 Å². The zero-order chi connectivity index (χ0) is 28.6. The first-order valence-electron chi connectivity index (χ1n) is 12.2. The molecule has 40 heavy (non-hydrogen) atoms. The summed E-state index contributed by atoms with van der Waals surface area (Å²) in [7, 11) is 0. The smallest absolute Gasteiger partial charge is 0.408 e. The number of carbonyl (C=O) groups excluding carboxylic acids is 2. The Morgan fingerprint density at radius 2 is 1.73 bits per heavy atom. The molecule has 2 unspecified atom stereocenters. The van der Waals surface area contributed by atoms with E-state index in [1.807, 2.05) is 0 Å². The highest BCUT2D eigenvalue weighted by Crippen LogP contribution is 2.24. The summed E-state index contributed by atoms with van der Waals surface area (Å²) in [5, 5.41) is 19.1. The number of aliphatic carboxylic acids is 1. The van der Waals surface area contributed by atoms with Crippen molar-refractivity contribution in [2.75, 3.05) is 0 Å². The van der Waals surface area contributed by atoms with Crippen LogP contribution < -0.4 is 10.6 Å². The molecule has 9 nitrogen and oxygen atoms in total. The second kappa shape index (κ2) is 12.9. The van der Waals surface area contributed by atoms with E-state index < -0.39 is 35.9 Å². The number of halogens is 2. The number of benzene rings is 3. The fourth-order valence-corrected chi connectivity index (χ4v) is 4.18. The van der Waals surface area contributed by atoms with Gasteiger partial charge in [-0.3, -0.25) is 4.79 Å². The van der Waals surface area contributed by atoms with Gasteiger partial charge in [0.15, 0.2) is 0 Å². The maximum atomic E-state index is 13.9. The topological polar surface area (TPSA) is 131 Å². The van der Waals surface area contributed by atoms with Crippen molar-refractivity contribution in [1.29, 1.82) is 0 Å². The van der Waals surface area contributed by atoms with Gasteiger partial charge in [-0.05, 0) is 36.8 Å². The minimum atomic E-state index is -1.19. The van der Waals surface area contributed by atoms with E-state index in [1.54, 1.807) is 55.5 Å². The van der Waals surface area contributed by atoms with Crippen molar-refractivity contribution in [3.05, 3.63) is 112 Å². The lowest BCUT2D eigenvalue weighted by Crippen LogP contribution is -2.42. The number of amides is 2. The number of nitrogens with zero attached hydrogens (tertiary/aromatic N) is 1. The quantitative estimate of drug-likeness (QED) is 0.230. The van der Waals surface area contributed by atoms with Crippen molar-refractivity contribution in [2.24, 2.45) is 0 Å². The van der Waals surface area contributed by atoms with E-state index in [9.17, 15) is 23.9 Å². The van der Waals surface area contributed by atoms with Crippen molar-refractivity contribution in [2.45, 2.75) is 32.0 Å². The van der Waals surface area contributed by atoms with E-state index >= 15 is 0 Å². The third kappa shape index (κ3) is 7.03. The maximum absolute atomic E-state index is 13.9. The van der Waals surface area contributed by atoms with E-state index in [-0.39, 0.29) is 24.1 Å². The number of rotatable bonds is 10. The molecule has 4 aromatic rings. The third-order valence-corrected chi connectivity index (χ3v) is 6.47. The number of carboxylic acid groups (broad SMARTS) is 1. The lowest BCUT2D eigenvalue weighted by molar-refractivity contribution is -0.139. The molecular weight excluding hydrogens is 541 g/mol. The summed E-state index contributed by atoms with van der Waals surface area (Å²) in [6, 6.07) is 18.0. The van der Waals surface area contributed by atoms with E-state index in [1.165, 1.54) is 30.5 Å². The number of hydrogen-bond donors (Lipinski definition) is 3. The Morgan fingerprint density at radius 1 is 1.02 bits per heavy atom. The van der Waals surface area contributed by atoms with E-state index in [4.69, 9.17) is 20.9 Å². The fourth-order valence-electron chi connectivity index (χ4n) is 3.96. The van der Waals surface area contributed by atoms with Gasteiger partial charge in [-0.2, -0.15) is 0 Å². The zero-order valence-corrected chi connectivity index (χ0v) is 22.0. The standard InChI is InChI=1S/C29H25ClFN3O6/c1-17(22-7-3-5-9-24(22)31)40-29(38)32-15-21-16-39-34-26(21)18-10-12-19(13-11-18)27(35)33-25(28(36)37)14-20-6-2-4-8-23(20)30/h2-13,16-17,25H,14-15H2,1H3,(H,32,38)(H,33,35)(H,36,37). The SMILES string of the molecule is CC(OC(=O)NCc1conc1-c1ccc(C(=O)NC(Cc2ccccc2Cl)C(=O)O)cc1)c1ccccc1F. The van der Waals surface area contributed by atoms with E-state index in [2.05, 4.69) is 15.8 Å². The molecule has 4 rings (SSSR count). The van der Waals surface area contributed by atoms with Gasteiger partial charge in [-0.1, -0.05) is 65.3 Å². The predicted molar refractivity (Wildman–Crippen MR) is 144 cm³/mol. The van der Waals surface area contributed by atoms with Gasteiger partial charge in [0.05, 0.1) is 6.54 Å². The second-order valence-electron chi connectivity index (χ2n) is 8.85. The molecule has 2 atom stereocenters. The minimum Gasteiger partial charge on any atom is -0.480 e. The Kier molecular flexibility index (Phi) is 9.13. The molecule has 0 aliphatic rings. The van der Waals surface area contributed by atoms with Crippen LogP contribution in [-0.2, 0) is 22.5 Å². The maximum Gasteiger partial charge on any atom is 0.408 e. The first-order valence-corrected chi connectivity index (χ1v) is 12.6. The van der Waals surface area contributed by atoms with Gasteiger partial charge in [0.25, 0.3) is 5.91 Å². The molecule has 2 amide bonds. The van der Waals surface area contributed by atoms with Crippen molar-refractivity contribution in [3.8, 4) is 11.3 Å². The van der Waals surface area contributed by atoms with Crippen LogP contribution in [0, 0.1) is 5.82 Å². The molecular formula is C29H25ClFN3O6. The Bertz CT molecular complexity index is 1510. The van der Waals surface area contributed by atoms with Crippen molar-refractivity contribution in [1.82, 2.24) is 15.8 Å². The highest BCUT2D eigenvalue weighted by atomic mass is 35.5. The predicted octanol–water partition coefficient (Wildman–Crippen LogP) is 5.55. The Morgan fingerprint density at radius 3 is 2.42 bits per heavy atom. The van der Waals surface area contributed by atoms with Gasteiger partial charge >= 0.3 is 12.1 Å². The Labute approximate surface area is 233 Å². The van der Waals surface area contributed by atoms with Gasteiger partial charge in [0, 0.05) is 33.7 Å². The highest BCUT2D eigenvalue weighted by Gasteiger charge is 2.23. The Balaban J connectivity index is 1.36. The Hall–Kier alpha value is -4.70. The summed E-state index contributed by atoms with van der Waals surface area (Å²) in [6.45, 7) is 1.59. The van der Waals surface area contributed by atoms with Gasteiger partial charge in [-0.15, -0.1) is 0 Å². The third-order valence-electron chi connectivity index (χ3n) is 6.10. The van der Waals surface area contributed by atoms with E-state index in [0.717, 1.165) is 0 Å². The zero-order valence-electron chi connectivity index (χ0n) is 21.3. The number of hydrogen-bond acceptors (Lipinski definition) is 6. The van der Waals surface area contributed by atoms with Crippen LogP contribution in [0.1, 0.15) is 40.1 Å². The molecule has 0 radical (unpaired) electrons. The molecule has 0 bridgehead atoms. The summed E-state index contributed by atoms with van der Waals surface area (Å²) in [5.74, 6) is -2.23. The summed E-state index contributed by atoms with van der Waals surface area (Å²) >= 11 is 6.14. The monoisotopic (exact) mass is 565 g/mol. The lowest BCUT2D eigenvalue weighted by Gasteiger charge is -2.15. The summed E-state index contributed by atoms with van der Waals surface area (Å²) in [4.78, 5) is 36.8. The summed E-state index contributed by atoms with van der Waals surface area (Å²) in [6.07, 6.45) is -0.162. The highest BCUT2D eigenvalue weighted by molar-refractivity contribution is 6.31. The van der Waals surface area contributed by atoms with Gasteiger partial charge in [0.2, 0.25) is 0 Å². The molecule has 1 heterocycles. The number of alkyl carbamates (subject to hydrolysis) is 1. The van der Waals surface area contributed by atoms with Crippen LogP contribution in [-0.4, -0.2) is 34.3 Å². The largest absolute Gasteiger partial charge is 0.480 e. The fraction of sp³-hybridized carbons (Fsp3) is 0.172.